The monoisotopic (exact) mass is 282 g/mol. The van der Waals surface area contributed by atoms with Gasteiger partial charge in [-0.3, -0.25) is 0 Å². The number of hydrogen-bond donors (Lipinski definition) is 0. The number of halogens is 1. The third-order valence-electron chi connectivity index (χ3n) is 2.03. The van der Waals surface area contributed by atoms with Gasteiger partial charge in [0, 0.05) is 4.90 Å². The predicted octanol–water partition coefficient (Wildman–Crippen LogP) is 4.64. The van der Waals surface area contributed by atoms with Crippen LogP contribution in [0.1, 0.15) is 11.3 Å². The fraction of sp³-hybridized carbons (Fsp3) is 0.167. The molecule has 0 N–H and O–H groups in total. The topological polar surface area (TPSA) is 13.1 Å². The summed E-state index contributed by atoms with van der Waals surface area (Å²) in [7, 11) is 0. The Bertz CT molecular complexity index is 433. The van der Waals surface area contributed by atoms with Crippen LogP contribution in [-0.2, 0) is 5.75 Å². The minimum Gasteiger partial charge on any atom is -0.453 e. The summed E-state index contributed by atoms with van der Waals surface area (Å²) in [6.45, 7) is 2.10. The summed E-state index contributed by atoms with van der Waals surface area (Å²) >= 11 is 5.07. The maximum atomic E-state index is 5.42. The zero-order valence-electron chi connectivity index (χ0n) is 8.37. The lowest BCUT2D eigenvalue weighted by Gasteiger charge is -1.99. The molecular formula is C12H11BrOS. The molecule has 0 spiro atoms. The van der Waals surface area contributed by atoms with E-state index >= 15 is 0 Å². The van der Waals surface area contributed by atoms with Crippen molar-refractivity contribution >= 4 is 27.7 Å². The Morgan fingerprint density at radius 1 is 1.13 bits per heavy atom. The number of hydrogen-bond acceptors (Lipinski definition) is 2. The molecule has 0 unspecified atom stereocenters. The molecule has 0 fully saturated rings. The van der Waals surface area contributed by atoms with E-state index in [1.165, 1.54) is 10.5 Å². The maximum Gasteiger partial charge on any atom is 0.169 e. The quantitative estimate of drug-likeness (QED) is 0.761. The van der Waals surface area contributed by atoms with Crippen molar-refractivity contribution in [2.24, 2.45) is 0 Å². The van der Waals surface area contributed by atoms with Crippen molar-refractivity contribution < 1.29 is 4.42 Å². The molecule has 2 rings (SSSR count). The third-order valence-corrected chi connectivity index (χ3v) is 3.49. The van der Waals surface area contributed by atoms with E-state index in [1.54, 1.807) is 11.8 Å². The largest absolute Gasteiger partial charge is 0.453 e. The van der Waals surface area contributed by atoms with E-state index in [0.717, 1.165) is 16.2 Å². The van der Waals surface area contributed by atoms with Gasteiger partial charge in [0.1, 0.15) is 5.76 Å². The fourth-order valence-corrected chi connectivity index (χ4v) is 2.35. The summed E-state index contributed by atoms with van der Waals surface area (Å²) in [5, 5.41) is 0. The van der Waals surface area contributed by atoms with E-state index < -0.39 is 0 Å². The highest BCUT2D eigenvalue weighted by Gasteiger charge is 2.00. The molecule has 1 heterocycles. The molecule has 0 radical (unpaired) electrons. The lowest BCUT2D eigenvalue weighted by atomic mass is 10.2. The maximum absolute atomic E-state index is 5.42. The Morgan fingerprint density at radius 2 is 1.87 bits per heavy atom. The molecule has 0 saturated heterocycles. The highest BCUT2D eigenvalue weighted by molar-refractivity contribution is 9.10. The third kappa shape index (κ3) is 3.14. The van der Waals surface area contributed by atoms with Gasteiger partial charge in [-0.15, -0.1) is 11.8 Å². The molecule has 1 aromatic carbocycles. The summed E-state index contributed by atoms with van der Waals surface area (Å²) in [6.07, 6.45) is 0. The van der Waals surface area contributed by atoms with Crippen LogP contribution in [0, 0.1) is 6.92 Å². The molecule has 0 atom stereocenters. The zero-order valence-corrected chi connectivity index (χ0v) is 10.8. The molecule has 0 amide bonds. The fourth-order valence-electron chi connectivity index (χ4n) is 1.22. The first kappa shape index (κ1) is 10.8. The van der Waals surface area contributed by atoms with Crippen LogP contribution in [0.2, 0.25) is 0 Å². The van der Waals surface area contributed by atoms with Gasteiger partial charge in [0.25, 0.3) is 0 Å². The molecule has 78 valence electrons. The van der Waals surface area contributed by atoms with Gasteiger partial charge in [-0.05, 0) is 47.1 Å². The summed E-state index contributed by atoms with van der Waals surface area (Å²) in [6, 6.07) is 12.4. The second-order valence-electron chi connectivity index (χ2n) is 3.31. The van der Waals surface area contributed by atoms with Gasteiger partial charge >= 0.3 is 0 Å². The van der Waals surface area contributed by atoms with Crippen molar-refractivity contribution in [2.75, 3.05) is 0 Å². The molecular weight excluding hydrogens is 272 g/mol. The standard InChI is InChI=1S/C12H11BrOS/c1-9-2-5-11(6-3-9)15-8-10-4-7-12(13)14-10/h2-7H,8H2,1H3. The average Bonchev–Trinajstić information content (AvgIpc) is 2.64. The highest BCUT2D eigenvalue weighted by atomic mass is 79.9. The van der Waals surface area contributed by atoms with Gasteiger partial charge in [0.2, 0.25) is 0 Å². The summed E-state index contributed by atoms with van der Waals surface area (Å²) in [5.74, 6) is 1.86. The van der Waals surface area contributed by atoms with Crippen molar-refractivity contribution in [1.29, 1.82) is 0 Å². The van der Waals surface area contributed by atoms with E-state index in [9.17, 15) is 0 Å². The molecule has 15 heavy (non-hydrogen) atoms. The zero-order chi connectivity index (χ0) is 10.7. The second-order valence-corrected chi connectivity index (χ2v) is 5.14. The SMILES string of the molecule is Cc1ccc(SCc2ccc(Br)o2)cc1. The van der Waals surface area contributed by atoms with Crippen LogP contribution in [0.4, 0.5) is 0 Å². The van der Waals surface area contributed by atoms with Crippen molar-refractivity contribution in [3.05, 3.63) is 52.4 Å². The average molecular weight is 283 g/mol. The lowest BCUT2D eigenvalue weighted by molar-refractivity contribution is 0.507. The van der Waals surface area contributed by atoms with Crippen molar-refractivity contribution in [2.45, 2.75) is 17.6 Å². The Hall–Kier alpha value is -0.670. The van der Waals surface area contributed by atoms with Crippen LogP contribution < -0.4 is 0 Å². The molecule has 3 heteroatoms. The molecule has 1 nitrogen and oxygen atoms in total. The van der Waals surface area contributed by atoms with Crippen molar-refractivity contribution in [1.82, 2.24) is 0 Å². The van der Waals surface area contributed by atoms with Crippen LogP contribution in [-0.4, -0.2) is 0 Å². The first-order valence-corrected chi connectivity index (χ1v) is 6.45. The summed E-state index contributed by atoms with van der Waals surface area (Å²) in [5.41, 5.74) is 1.29. The van der Waals surface area contributed by atoms with Gasteiger partial charge in [-0.2, -0.15) is 0 Å². The molecule has 0 saturated carbocycles. The van der Waals surface area contributed by atoms with E-state index in [2.05, 4.69) is 47.1 Å². The second kappa shape index (κ2) is 4.90. The Balaban J connectivity index is 1.96. The number of furan rings is 1. The van der Waals surface area contributed by atoms with Crippen molar-refractivity contribution in [3.8, 4) is 0 Å². The van der Waals surface area contributed by atoms with Crippen LogP contribution in [0.15, 0.2) is 50.4 Å². The molecule has 1 aromatic heterocycles. The number of rotatable bonds is 3. The van der Waals surface area contributed by atoms with E-state index in [0.29, 0.717) is 0 Å². The summed E-state index contributed by atoms with van der Waals surface area (Å²) in [4.78, 5) is 1.27. The van der Waals surface area contributed by atoms with Crippen LogP contribution >= 0.6 is 27.7 Å². The van der Waals surface area contributed by atoms with Crippen LogP contribution in [0.25, 0.3) is 0 Å². The highest BCUT2D eigenvalue weighted by Crippen LogP contribution is 2.25. The minimum absolute atomic E-state index is 0.794. The first-order chi connectivity index (χ1) is 7.24. The van der Waals surface area contributed by atoms with E-state index in [4.69, 9.17) is 4.42 Å². The minimum atomic E-state index is 0.794. The number of benzene rings is 1. The smallest absolute Gasteiger partial charge is 0.169 e. The van der Waals surface area contributed by atoms with Gasteiger partial charge < -0.3 is 4.42 Å². The van der Waals surface area contributed by atoms with Gasteiger partial charge in [0.05, 0.1) is 5.75 Å². The van der Waals surface area contributed by atoms with Gasteiger partial charge in [0.15, 0.2) is 4.67 Å². The van der Waals surface area contributed by atoms with Gasteiger partial charge in [-0.25, -0.2) is 0 Å². The van der Waals surface area contributed by atoms with Crippen molar-refractivity contribution in [3.63, 3.8) is 0 Å². The first-order valence-electron chi connectivity index (χ1n) is 4.68. The molecule has 0 aliphatic heterocycles. The normalized spacial score (nSPS) is 10.5. The Labute approximate surface area is 102 Å². The summed E-state index contributed by atoms with van der Waals surface area (Å²) < 4.78 is 6.22. The molecule has 0 aliphatic rings. The Morgan fingerprint density at radius 3 is 2.47 bits per heavy atom. The van der Waals surface area contributed by atoms with Crippen LogP contribution in [0.5, 0.6) is 0 Å². The predicted molar refractivity (Wildman–Crippen MR) is 67.1 cm³/mol. The molecule has 2 aromatic rings. The molecule has 0 aliphatic carbocycles. The Kier molecular flexibility index (Phi) is 3.54. The molecule has 0 bridgehead atoms. The van der Waals surface area contributed by atoms with E-state index in [1.807, 2.05) is 12.1 Å². The number of thioether (sulfide) groups is 1. The van der Waals surface area contributed by atoms with E-state index in [-0.39, 0.29) is 0 Å². The van der Waals surface area contributed by atoms with Crippen LogP contribution in [0.3, 0.4) is 0 Å². The number of aryl methyl sites for hydroxylation is 1. The lowest BCUT2D eigenvalue weighted by Crippen LogP contribution is -1.76. The van der Waals surface area contributed by atoms with Gasteiger partial charge in [-0.1, -0.05) is 17.7 Å².